The lowest BCUT2D eigenvalue weighted by Crippen LogP contribution is -2.05. The van der Waals surface area contributed by atoms with Crippen LogP contribution in [0.3, 0.4) is 0 Å². The highest BCUT2D eigenvalue weighted by Crippen LogP contribution is 2.33. The fraction of sp³-hybridized carbons (Fsp3) is 0.222. The summed E-state index contributed by atoms with van der Waals surface area (Å²) in [5, 5.41) is 8.23. The van der Waals surface area contributed by atoms with Gasteiger partial charge in [0.05, 0.1) is 17.4 Å². The first-order chi connectivity index (χ1) is 6.95. The monoisotopic (exact) mass is 235 g/mol. The molecule has 0 amide bonds. The summed E-state index contributed by atoms with van der Waals surface area (Å²) < 4.78 is 49.7. The lowest BCUT2D eigenvalue weighted by molar-refractivity contribution is -0.137. The van der Waals surface area contributed by atoms with E-state index in [1.54, 1.807) is 6.07 Å². The van der Waals surface area contributed by atoms with Gasteiger partial charge in [-0.3, -0.25) is 0 Å². The maximum atomic E-state index is 13.0. The first-order valence-electron chi connectivity index (χ1n) is 3.81. The van der Waals surface area contributed by atoms with Gasteiger partial charge in [-0.1, -0.05) is 0 Å². The second-order valence-electron chi connectivity index (χ2n) is 2.59. The first kappa shape index (κ1) is 11.9. The van der Waals surface area contributed by atoms with Crippen molar-refractivity contribution in [3.8, 4) is 6.07 Å². The molecule has 1 aromatic carbocycles. The van der Waals surface area contributed by atoms with Crippen molar-refractivity contribution in [2.24, 2.45) is 0 Å². The molecule has 0 unspecified atom stereocenters. The highest BCUT2D eigenvalue weighted by Gasteiger charge is 2.31. The fourth-order valence-electron chi connectivity index (χ4n) is 0.900. The highest BCUT2D eigenvalue weighted by molar-refractivity contribution is 7.99. The average molecular weight is 235 g/mol. The van der Waals surface area contributed by atoms with Gasteiger partial charge in [-0.2, -0.15) is 18.4 Å². The number of halogens is 4. The second kappa shape index (κ2) is 4.53. The maximum absolute atomic E-state index is 13.0. The topological polar surface area (TPSA) is 23.8 Å². The number of thioether (sulfide) groups is 1. The van der Waals surface area contributed by atoms with Crippen LogP contribution in [0.15, 0.2) is 23.1 Å². The zero-order valence-electron chi connectivity index (χ0n) is 7.31. The second-order valence-corrected chi connectivity index (χ2v) is 3.61. The van der Waals surface area contributed by atoms with Crippen LogP contribution < -0.4 is 0 Å². The van der Waals surface area contributed by atoms with Crippen LogP contribution >= 0.6 is 11.8 Å². The normalized spacial score (nSPS) is 11.1. The third-order valence-electron chi connectivity index (χ3n) is 1.55. The Morgan fingerprint density at radius 2 is 2.00 bits per heavy atom. The first-order valence-corrected chi connectivity index (χ1v) is 4.80. The van der Waals surface area contributed by atoms with Crippen LogP contribution in [0.5, 0.6) is 0 Å². The largest absolute Gasteiger partial charge is 0.416 e. The van der Waals surface area contributed by atoms with Crippen molar-refractivity contribution in [3.05, 3.63) is 29.6 Å². The van der Waals surface area contributed by atoms with Gasteiger partial charge in [0.2, 0.25) is 0 Å². The molecular weight excluding hydrogens is 230 g/mol. The van der Waals surface area contributed by atoms with E-state index in [1.807, 2.05) is 0 Å². The number of benzene rings is 1. The van der Waals surface area contributed by atoms with Gasteiger partial charge in [-0.25, -0.2) is 4.39 Å². The molecule has 0 N–H and O–H groups in total. The molecule has 1 nitrogen and oxygen atoms in total. The van der Waals surface area contributed by atoms with Crippen molar-refractivity contribution >= 4 is 11.8 Å². The van der Waals surface area contributed by atoms with E-state index >= 15 is 0 Å². The van der Waals surface area contributed by atoms with Gasteiger partial charge in [0.1, 0.15) is 5.82 Å². The molecule has 0 bridgehead atoms. The van der Waals surface area contributed by atoms with Crippen LogP contribution in [0.25, 0.3) is 0 Å². The lowest BCUT2D eigenvalue weighted by atomic mass is 10.2. The SMILES string of the molecule is N#CCSc1cc(C(F)(F)F)ccc1F. The predicted octanol–water partition coefficient (Wildman–Crippen LogP) is 3.46. The molecule has 0 aromatic heterocycles. The van der Waals surface area contributed by atoms with Gasteiger partial charge in [0.15, 0.2) is 0 Å². The van der Waals surface area contributed by atoms with Crippen LogP contribution in [-0.2, 0) is 6.18 Å². The van der Waals surface area contributed by atoms with E-state index < -0.39 is 17.6 Å². The van der Waals surface area contributed by atoms with E-state index in [2.05, 4.69) is 0 Å². The van der Waals surface area contributed by atoms with Crippen LogP contribution in [0.1, 0.15) is 5.56 Å². The van der Waals surface area contributed by atoms with Crippen LogP contribution in [0.4, 0.5) is 17.6 Å². The Morgan fingerprint density at radius 3 is 2.53 bits per heavy atom. The molecule has 1 rings (SSSR count). The molecule has 1 aromatic rings. The predicted molar refractivity (Wildman–Crippen MR) is 47.7 cm³/mol. The molecule has 15 heavy (non-hydrogen) atoms. The molecule has 80 valence electrons. The summed E-state index contributed by atoms with van der Waals surface area (Å²) in [6.45, 7) is 0. The number of nitriles is 1. The zero-order chi connectivity index (χ0) is 11.5. The number of nitrogens with zero attached hydrogens (tertiary/aromatic N) is 1. The van der Waals surface area contributed by atoms with Gasteiger partial charge < -0.3 is 0 Å². The molecule has 6 heteroatoms. The molecular formula is C9H5F4NS. The van der Waals surface area contributed by atoms with Crippen molar-refractivity contribution in [3.63, 3.8) is 0 Å². The minimum absolute atomic E-state index is 0.0851. The molecule has 0 saturated carbocycles. The van der Waals surface area contributed by atoms with Gasteiger partial charge in [0, 0.05) is 4.90 Å². The quantitative estimate of drug-likeness (QED) is 0.579. The molecule has 0 radical (unpaired) electrons. The smallest absolute Gasteiger partial charge is 0.206 e. The van der Waals surface area contributed by atoms with E-state index in [0.29, 0.717) is 12.1 Å². The van der Waals surface area contributed by atoms with Crippen molar-refractivity contribution in [2.75, 3.05) is 5.75 Å². The van der Waals surface area contributed by atoms with Crippen LogP contribution in [0.2, 0.25) is 0 Å². The van der Waals surface area contributed by atoms with Gasteiger partial charge in [-0.05, 0) is 18.2 Å². The maximum Gasteiger partial charge on any atom is 0.416 e. The molecule has 0 aliphatic rings. The Morgan fingerprint density at radius 1 is 1.33 bits per heavy atom. The summed E-state index contributed by atoms with van der Waals surface area (Å²) in [6.07, 6.45) is -4.49. The van der Waals surface area contributed by atoms with Crippen molar-refractivity contribution < 1.29 is 17.6 Å². The van der Waals surface area contributed by atoms with Gasteiger partial charge >= 0.3 is 6.18 Å². The Bertz CT molecular complexity index is 394. The molecule has 0 spiro atoms. The lowest BCUT2D eigenvalue weighted by Gasteiger charge is -2.08. The molecule has 0 aliphatic carbocycles. The Balaban J connectivity index is 3.01. The van der Waals surface area contributed by atoms with E-state index in [-0.39, 0.29) is 10.6 Å². The van der Waals surface area contributed by atoms with Crippen LogP contribution in [0, 0.1) is 17.1 Å². The van der Waals surface area contributed by atoms with E-state index in [1.165, 1.54) is 0 Å². The van der Waals surface area contributed by atoms with E-state index in [0.717, 1.165) is 17.8 Å². The van der Waals surface area contributed by atoms with Crippen molar-refractivity contribution in [2.45, 2.75) is 11.1 Å². The summed E-state index contributed by atoms with van der Waals surface area (Å²) in [7, 11) is 0. The molecule has 0 heterocycles. The Kier molecular flexibility index (Phi) is 3.58. The van der Waals surface area contributed by atoms with E-state index in [4.69, 9.17) is 5.26 Å². The zero-order valence-corrected chi connectivity index (χ0v) is 8.12. The average Bonchev–Trinajstić information content (AvgIpc) is 2.15. The van der Waals surface area contributed by atoms with Crippen LogP contribution in [-0.4, -0.2) is 5.75 Å². The fourth-order valence-corrected chi connectivity index (χ4v) is 1.54. The molecule has 0 fully saturated rings. The molecule has 0 aliphatic heterocycles. The standard InChI is InChI=1S/C9H5F4NS/c10-7-2-1-6(9(11,12)13)5-8(7)15-4-3-14/h1-2,5H,4H2. The summed E-state index contributed by atoms with van der Waals surface area (Å²) in [6, 6.07) is 3.85. The molecule has 0 saturated heterocycles. The van der Waals surface area contributed by atoms with Crippen molar-refractivity contribution in [1.82, 2.24) is 0 Å². The Hall–Kier alpha value is -1.22. The molecule has 0 atom stereocenters. The third kappa shape index (κ3) is 3.13. The summed E-state index contributed by atoms with van der Waals surface area (Å²) in [4.78, 5) is -0.161. The van der Waals surface area contributed by atoms with Crippen molar-refractivity contribution in [1.29, 1.82) is 5.26 Å². The van der Waals surface area contributed by atoms with E-state index in [9.17, 15) is 17.6 Å². The van der Waals surface area contributed by atoms with Gasteiger partial charge in [0.25, 0.3) is 0 Å². The third-order valence-corrected chi connectivity index (χ3v) is 2.45. The number of hydrogen-bond donors (Lipinski definition) is 0. The summed E-state index contributed by atoms with van der Waals surface area (Å²) in [5.41, 5.74) is -0.913. The summed E-state index contributed by atoms with van der Waals surface area (Å²) in [5.74, 6) is -0.832. The number of alkyl halides is 3. The minimum atomic E-state index is -4.49. The number of rotatable bonds is 2. The Labute approximate surface area is 87.7 Å². The van der Waals surface area contributed by atoms with Gasteiger partial charge in [-0.15, -0.1) is 11.8 Å². The summed E-state index contributed by atoms with van der Waals surface area (Å²) >= 11 is 0.741. The number of hydrogen-bond acceptors (Lipinski definition) is 2. The minimum Gasteiger partial charge on any atom is -0.206 e. The highest BCUT2D eigenvalue weighted by atomic mass is 32.2.